The van der Waals surface area contributed by atoms with E-state index in [1.165, 1.54) is 76.7 Å². The molecule has 0 aliphatic rings. The Hall–Kier alpha value is 0.177. The van der Waals surface area contributed by atoms with Gasteiger partial charge in [-0.1, -0.05) is 78.1 Å². The van der Waals surface area contributed by atoms with Gasteiger partial charge in [0.05, 0.1) is 0 Å². The molecule has 0 amide bonds. The predicted molar refractivity (Wildman–Crippen MR) is 78.6 cm³/mol. The zero-order chi connectivity index (χ0) is 12.6. The zero-order valence-electron chi connectivity index (χ0n) is 12.1. The maximum atomic E-state index is 5.65. The highest BCUT2D eigenvalue weighted by atomic mass is 28.2. The summed E-state index contributed by atoms with van der Waals surface area (Å²) >= 11 is 0. The molecule has 0 aliphatic heterocycles. The van der Waals surface area contributed by atoms with Gasteiger partial charge in [0.15, 0.2) is 0 Å². The van der Waals surface area contributed by atoms with Gasteiger partial charge in [-0.3, -0.25) is 0 Å². The van der Waals surface area contributed by atoms with Crippen LogP contribution in [0.1, 0.15) is 84.5 Å². The molecule has 0 saturated heterocycles. The maximum absolute atomic E-state index is 5.65. The number of hydrogen-bond acceptors (Lipinski definition) is 1. The lowest BCUT2D eigenvalue weighted by molar-refractivity contribution is 0.319. The minimum Gasteiger partial charge on any atom is -0.417 e. The molecule has 0 spiro atoms. The van der Waals surface area contributed by atoms with Gasteiger partial charge < -0.3 is 4.43 Å². The van der Waals surface area contributed by atoms with Crippen LogP contribution >= 0.6 is 0 Å². The van der Waals surface area contributed by atoms with Crippen LogP contribution in [0.4, 0.5) is 0 Å². The van der Waals surface area contributed by atoms with E-state index in [1.807, 2.05) is 0 Å². The molecule has 0 atom stereocenters. The Kier molecular flexibility index (Phi) is 16.3. The lowest BCUT2D eigenvalue weighted by Gasteiger charge is -2.03. The predicted octanol–water partition coefficient (Wildman–Crippen LogP) is 5.37. The lowest BCUT2D eigenvalue weighted by atomic mass is 10.1. The molecular weight excluding hydrogens is 224 g/mol. The highest BCUT2D eigenvalue weighted by Gasteiger charge is 1.94. The maximum Gasteiger partial charge on any atom is 0.229 e. The summed E-state index contributed by atoms with van der Waals surface area (Å²) in [6.45, 7) is 5.53. The van der Waals surface area contributed by atoms with E-state index >= 15 is 0 Å². The second-order valence-electron chi connectivity index (χ2n) is 4.92. The van der Waals surface area contributed by atoms with Gasteiger partial charge in [0.1, 0.15) is 0 Å². The molecule has 0 rings (SSSR count). The van der Waals surface area contributed by atoms with E-state index in [9.17, 15) is 0 Å². The van der Waals surface area contributed by atoms with E-state index < -0.39 is 0 Å². The van der Waals surface area contributed by atoms with Gasteiger partial charge in [0, 0.05) is 6.61 Å². The van der Waals surface area contributed by atoms with Gasteiger partial charge in [0.25, 0.3) is 0 Å². The summed E-state index contributed by atoms with van der Waals surface area (Å²) in [5, 5.41) is 0. The van der Waals surface area contributed by atoms with Crippen molar-refractivity contribution in [3.8, 4) is 0 Å². The SMILES string of the molecule is CCCCCCCCCCO[Si]CCCCC. The Bertz CT molecular complexity index is 114. The van der Waals surface area contributed by atoms with E-state index in [0.717, 1.165) is 16.4 Å². The molecule has 0 aliphatic carbocycles. The number of rotatable bonds is 14. The molecular formula is C15H32OSi. The lowest BCUT2D eigenvalue weighted by Crippen LogP contribution is -2.00. The van der Waals surface area contributed by atoms with Crippen LogP contribution in [-0.4, -0.2) is 16.4 Å². The van der Waals surface area contributed by atoms with Gasteiger partial charge in [-0.25, -0.2) is 0 Å². The van der Waals surface area contributed by atoms with Crippen LogP contribution in [0.2, 0.25) is 6.04 Å². The van der Waals surface area contributed by atoms with Crippen molar-refractivity contribution in [3.63, 3.8) is 0 Å². The van der Waals surface area contributed by atoms with Crippen molar-refractivity contribution >= 4 is 9.76 Å². The normalized spacial score (nSPS) is 10.9. The fraction of sp³-hybridized carbons (Fsp3) is 1.00. The first-order chi connectivity index (χ1) is 8.41. The van der Waals surface area contributed by atoms with Gasteiger partial charge in [-0.2, -0.15) is 0 Å². The highest BCUT2D eigenvalue weighted by Crippen LogP contribution is 2.08. The molecule has 0 aromatic heterocycles. The second-order valence-corrected chi connectivity index (χ2v) is 6.00. The van der Waals surface area contributed by atoms with Gasteiger partial charge in [0.2, 0.25) is 9.76 Å². The van der Waals surface area contributed by atoms with Crippen LogP contribution in [0, 0.1) is 0 Å². The van der Waals surface area contributed by atoms with Crippen molar-refractivity contribution in [1.82, 2.24) is 0 Å². The Labute approximate surface area is 112 Å². The van der Waals surface area contributed by atoms with Crippen molar-refractivity contribution in [2.45, 2.75) is 90.5 Å². The summed E-state index contributed by atoms with van der Waals surface area (Å²) in [7, 11) is 0.754. The van der Waals surface area contributed by atoms with E-state index in [1.54, 1.807) is 0 Å². The molecule has 0 fully saturated rings. The Balaban J connectivity index is 2.85. The molecule has 17 heavy (non-hydrogen) atoms. The van der Waals surface area contributed by atoms with Crippen LogP contribution in [0.3, 0.4) is 0 Å². The molecule has 0 unspecified atom stereocenters. The van der Waals surface area contributed by atoms with E-state index in [-0.39, 0.29) is 0 Å². The summed E-state index contributed by atoms with van der Waals surface area (Å²) < 4.78 is 5.65. The highest BCUT2D eigenvalue weighted by molar-refractivity contribution is 6.26. The minimum atomic E-state index is 0.754. The topological polar surface area (TPSA) is 9.23 Å². The van der Waals surface area contributed by atoms with Gasteiger partial charge in [-0.05, 0) is 12.5 Å². The Morgan fingerprint density at radius 1 is 0.647 bits per heavy atom. The molecule has 102 valence electrons. The second kappa shape index (κ2) is 16.2. The molecule has 0 heterocycles. The molecule has 0 saturated carbocycles. The molecule has 0 N–H and O–H groups in total. The Morgan fingerprint density at radius 3 is 1.82 bits per heavy atom. The van der Waals surface area contributed by atoms with Crippen LogP contribution in [-0.2, 0) is 4.43 Å². The first-order valence-electron chi connectivity index (χ1n) is 7.76. The van der Waals surface area contributed by atoms with Crippen LogP contribution in [0.25, 0.3) is 0 Å². The molecule has 1 nitrogen and oxygen atoms in total. The fourth-order valence-electron chi connectivity index (χ4n) is 1.90. The zero-order valence-corrected chi connectivity index (χ0v) is 13.1. The minimum absolute atomic E-state index is 0.754. The average molecular weight is 257 g/mol. The largest absolute Gasteiger partial charge is 0.417 e. The van der Waals surface area contributed by atoms with Crippen LogP contribution in [0.5, 0.6) is 0 Å². The quantitative estimate of drug-likeness (QED) is 0.300. The number of hydrogen-bond donors (Lipinski definition) is 0. The van der Waals surface area contributed by atoms with Gasteiger partial charge >= 0.3 is 0 Å². The fourth-order valence-corrected chi connectivity index (χ4v) is 2.73. The first kappa shape index (κ1) is 17.2. The molecule has 2 heteroatoms. The monoisotopic (exact) mass is 256 g/mol. The van der Waals surface area contributed by atoms with Crippen molar-refractivity contribution in [1.29, 1.82) is 0 Å². The van der Waals surface area contributed by atoms with Crippen molar-refractivity contribution < 1.29 is 4.43 Å². The van der Waals surface area contributed by atoms with Gasteiger partial charge in [-0.15, -0.1) is 0 Å². The molecule has 0 aromatic rings. The first-order valence-corrected chi connectivity index (χ1v) is 8.88. The Morgan fingerprint density at radius 2 is 1.18 bits per heavy atom. The van der Waals surface area contributed by atoms with E-state index in [2.05, 4.69) is 13.8 Å². The standard InChI is InChI=1S/C15H32OSi/c1-3-5-7-8-9-10-11-12-14-16-17-15-13-6-4-2/h3-15H2,1-2H3. The molecule has 0 aromatic carbocycles. The third-order valence-corrected chi connectivity index (χ3v) is 4.05. The van der Waals surface area contributed by atoms with Crippen molar-refractivity contribution in [2.75, 3.05) is 6.61 Å². The molecule has 2 radical (unpaired) electrons. The summed E-state index contributed by atoms with van der Waals surface area (Å²) in [5.74, 6) is 0. The smallest absolute Gasteiger partial charge is 0.229 e. The summed E-state index contributed by atoms with van der Waals surface area (Å²) in [6, 6.07) is 1.28. The third-order valence-electron chi connectivity index (χ3n) is 3.08. The van der Waals surface area contributed by atoms with E-state index in [4.69, 9.17) is 4.43 Å². The summed E-state index contributed by atoms with van der Waals surface area (Å²) in [4.78, 5) is 0. The van der Waals surface area contributed by atoms with Crippen molar-refractivity contribution in [3.05, 3.63) is 0 Å². The van der Waals surface area contributed by atoms with Crippen LogP contribution in [0.15, 0.2) is 0 Å². The van der Waals surface area contributed by atoms with Crippen molar-refractivity contribution in [2.24, 2.45) is 0 Å². The molecule has 0 bridgehead atoms. The summed E-state index contributed by atoms with van der Waals surface area (Å²) in [5.41, 5.74) is 0. The van der Waals surface area contributed by atoms with E-state index in [0.29, 0.717) is 0 Å². The third kappa shape index (κ3) is 16.2. The summed E-state index contributed by atoms with van der Waals surface area (Å²) in [6.07, 6.45) is 15.2. The number of unbranched alkanes of at least 4 members (excludes halogenated alkanes) is 9. The average Bonchev–Trinajstić information content (AvgIpc) is 2.35. The van der Waals surface area contributed by atoms with Crippen LogP contribution < -0.4 is 0 Å².